The van der Waals surface area contributed by atoms with E-state index >= 15 is 0 Å². The fourth-order valence-corrected chi connectivity index (χ4v) is 3.13. The molecule has 0 fully saturated rings. The Kier molecular flexibility index (Phi) is 9.84. The number of para-hydroxylation sites is 1. The van der Waals surface area contributed by atoms with Crippen molar-refractivity contribution in [3.05, 3.63) is 59.7 Å². The zero-order chi connectivity index (χ0) is 22.6. The molecule has 0 spiro atoms. The molecule has 0 amide bonds. The second-order valence-corrected chi connectivity index (χ2v) is 7.54. The smallest absolute Gasteiger partial charge is 0.306 e. The van der Waals surface area contributed by atoms with Crippen LogP contribution in [0.3, 0.4) is 0 Å². The van der Waals surface area contributed by atoms with E-state index in [-0.39, 0.29) is 19.4 Å². The van der Waals surface area contributed by atoms with E-state index in [0.717, 1.165) is 29.9 Å². The topological polar surface area (TPSA) is 85.3 Å². The van der Waals surface area contributed by atoms with Gasteiger partial charge in [-0.15, -0.1) is 0 Å². The van der Waals surface area contributed by atoms with Gasteiger partial charge in [-0.1, -0.05) is 30.3 Å². The van der Waals surface area contributed by atoms with Gasteiger partial charge in [0.05, 0.1) is 20.0 Å². The number of ether oxygens (including phenoxy) is 3. The van der Waals surface area contributed by atoms with E-state index in [1.807, 2.05) is 61.5 Å². The van der Waals surface area contributed by atoms with Gasteiger partial charge in [0.2, 0.25) is 0 Å². The predicted octanol–water partition coefficient (Wildman–Crippen LogP) is 3.20. The van der Waals surface area contributed by atoms with Gasteiger partial charge in [-0.25, -0.2) is 0 Å². The first-order valence-electron chi connectivity index (χ1n) is 10.3. The van der Waals surface area contributed by atoms with Crippen molar-refractivity contribution in [3.8, 4) is 11.5 Å². The fourth-order valence-electron chi connectivity index (χ4n) is 3.13. The summed E-state index contributed by atoms with van der Waals surface area (Å²) in [6.45, 7) is 0.665. The number of carboxylic acid groups (broad SMARTS) is 1. The van der Waals surface area contributed by atoms with Crippen LogP contribution in [0.25, 0.3) is 0 Å². The number of rotatable bonds is 13. The van der Waals surface area contributed by atoms with Gasteiger partial charge in [-0.05, 0) is 56.3 Å². The SMILES string of the molecule is COc1cccc(C[14CH2]c2ccccc2OC[C@H](CN(C)C)OC(=O)CCC(=O)O)c1. The summed E-state index contributed by atoms with van der Waals surface area (Å²) in [6, 6.07) is 15.8. The third kappa shape index (κ3) is 9.09. The molecule has 168 valence electrons. The molecule has 0 radical (unpaired) electrons. The normalized spacial score (nSPS) is 11.7. The molecular formula is C24H31NO6. The Labute approximate surface area is 183 Å². The van der Waals surface area contributed by atoms with Crippen molar-refractivity contribution in [2.45, 2.75) is 31.8 Å². The monoisotopic (exact) mass is 431 g/mol. The van der Waals surface area contributed by atoms with Crippen molar-refractivity contribution in [1.29, 1.82) is 0 Å². The third-order valence-electron chi connectivity index (χ3n) is 4.62. The quantitative estimate of drug-likeness (QED) is 0.488. The zero-order valence-electron chi connectivity index (χ0n) is 18.4. The molecule has 0 bridgehead atoms. The number of aryl methyl sites for hydroxylation is 2. The van der Waals surface area contributed by atoms with Gasteiger partial charge in [0, 0.05) is 6.54 Å². The van der Waals surface area contributed by atoms with E-state index in [9.17, 15) is 9.59 Å². The van der Waals surface area contributed by atoms with Gasteiger partial charge >= 0.3 is 11.9 Å². The molecule has 7 heteroatoms. The summed E-state index contributed by atoms with van der Waals surface area (Å²) in [5, 5.41) is 8.74. The zero-order valence-corrected chi connectivity index (χ0v) is 18.4. The second-order valence-electron chi connectivity index (χ2n) is 7.54. The lowest BCUT2D eigenvalue weighted by Gasteiger charge is -2.22. The molecule has 0 heterocycles. The van der Waals surface area contributed by atoms with Gasteiger partial charge in [-0.3, -0.25) is 9.59 Å². The summed E-state index contributed by atoms with van der Waals surface area (Å²) in [7, 11) is 5.40. The Balaban J connectivity index is 1.98. The number of hydrogen-bond acceptors (Lipinski definition) is 6. The van der Waals surface area contributed by atoms with Gasteiger partial charge in [0.1, 0.15) is 24.2 Å². The minimum atomic E-state index is -1.03. The van der Waals surface area contributed by atoms with Crippen LogP contribution < -0.4 is 9.47 Å². The summed E-state index contributed by atoms with van der Waals surface area (Å²) in [5.41, 5.74) is 2.23. The number of likely N-dealkylation sites (N-methyl/N-ethyl adjacent to an activating group) is 1. The Morgan fingerprint density at radius 3 is 2.58 bits per heavy atom. The van der Waals surface area contributed by atoms with Crippen molar-refractivity contribution in [1.82, 2.24) is 4.90 Å². The van der Waals surface area contributed by atoms with Gasteiger partial charge in [0.25, 0.3) is 0 Å². The van der Waals surface area contributed by atoms with E-state index in [1.165, 1.54) is 5.56 Å². The van der Waals surface area contributed by atoms with Gasteiger partial charge in [0.15, 0.2) is 0 Å². The highest BCUT2D eigenvalue weighted by Gasteiger charge is 2.18. The lowest BCUT2D eigenvalue weighted by atomic mass is 10.2. The summed E-state index contributed by atoms with van der Waals surface area (Å²) in [4.78, 5) is 24.5. The van der Waals surface area contributed by atoms with Crippen molar-refractivity contribution in [2.75, 3.05) is 34.4 Å². The maximum Gasteiger partial charge on any atom is 0.306 e. The number of aliphatic carboxylic acids is 1. The van der Waals surface area contributed by atoms with E-state index < -0.39 is 18.0 Å². The van der Waals surface area contributed by atoms with Crippen LogP contribution in [-0.2, 0) is 27.2 Å². The molecule has 0 aromatic heterocycles. The molecule has 1 N–H and O–H groups in total. The first-order valence-corrected chi connectivity index (χ1v) is 10.3. The average molecular weight is 432 g/mol. The number of carboxylic acids is 1. The van der Waals surface area contributed by atoms with Gasteiger partial charge in [-0.2, -0.15) is 0 Å². The number of esters is 1. The molecule has 0 aliphatic rings. The molecular weight excluding hydrogens is 400 g/mol. The first kappa shape index (κ1) is 24.2. The first-order chi connectivity index (χ1) is 14.9. The van der Waals surface area contributed by atoms with E-state index in [2.05, 4.69) is 6.07 Å². The average Bonchev–Trinajstić information content (AvgIpc) is 2.75. The molecule has 2 aromatic carbocycles. The van der Waals surface area contributed by atoms with Crippen LogP contribution in [0.1, 0.15) is 24.0 Å². The summed E-state index contributed by atoms with van der Waals surface area (Å²) < 4.78 is 16.7. The second kappa shape index (κ2) is 12.6. The lowest BCUT2D eigenvalue weighted by molar-refractivity contribution is -0.153. The maximum absolute atomic E-state index is 12.0. The number of carbonyl (C=O) groups excluding carboxylic acids is 1. The molecule has 2 aromatic rings. The Morgan fingerprint density at radius 1 is 1.10 bits per heavy atom. The minimum absolute atomic E-state index is 0.156. The molecule has 7 nitrogen and oxygen atoms in total. The molecule has 0 aliphatic carbocycles. The van der Waals surface area contributed by atoms with Crippen LogP contribution >= 0.6 is 0 Å². The van der Waals surface area contributed by atoms with Crippen molar-refractivity contribution in [3.63, 3.8) is 0 Å². The number of methoxy groups -OCH3 is 1. The Bertz CT molecular complexity index is 851. The molecule has 0 saturated carbocycles. The molecule has 31 heavy (non-hydrogen) atoms. The van der Waals surface area contributed by atoms with Gasteiger partial charge < -0.3 is 24.2 Å². The van der Waals surface area contributed by atoms with Crippen molar-refractivity contribution in [2.24, 2.45) is 0 Å². The molecule has 0 unspecified atom stereocenters. The maximum atomic E-state index is 12.0. The lowest BCUT2D eigenvalue weighted by Crippen LogP contribution is -2.35. The van der Waals surface area contributed by atoms with E-state index in [0.29, 0.717) is 6.54 Å². The van der Waals surface area contributed by atoms with Crippen molar-refractivity contribution < 1.29 is 28.9 Å². The number of carbonyl (C=O) groups is 2. The summed E-state index contributed by atoms with van der Waals surface area (Å²) >= 11 is 0. The number of nitrogens with zero attached hydrogens (tertiary/aromatic N) is 1. The van der Waals surface area contributed by atoms with Crippen LogP contribution in [0, 0.1) is 0 Å². The summed E-state index contributed by atoms with van der Waals surface area (Å²) in [5.74, 6) is 0.0143. The van der Waals surface area contributed by atoms with Crippen LogP contribution in [0.15, 0.2) is 48.5 Å². The highest BCUT2D eigenvalue weighted by atomic mass is 16.6. The molecule has 1 atom stereocenters. The third-order valence-corrected chi connectivity index (χ3v) is 4.62. The van der Waals surface area contributed by atoms with Crippen LogP contribution in [0.2, 0.25) is 0 Å². The molecule has 0 saturated heterocycles. The van der Waals surface area contributed by atoms with Crippen LogP contribution in [-0.4, -0.2) is 62.4 Å². The van der Waals surface area contributed by atoms with Crippen LogP contribution in [0.4, 0.5) is 0 Å². The van der Waals surface area contributed by atoms with E-state index in [4.69, 9.17) is 19.3 Å². The highest BCUT2D eigenvalue weighted by Crippen LogP contribution is 2.22. The highest BCUT2D eigenvalue weighted by molar-refractivity contribution is 5.76. The minimum Gasteiger partial charge on any atom is -0.497 e. The van der Waals surface area contributed by atoms with E-state index in [1.54, 1.807) is 7.11 Å². The molecule has 0 aliphatic heterocycles. The predicted molar refractivity (Wildman–Crippen MR) is 118 cm³/mol. The van der Waals surface area contributed by atoms with Crippen LogP contribution in [0.5, 0.6) is 11.5 Å². The van der Waals surface area contributed by atoms with Crippen molar-refractivity contribution >= 4 is 11.9 Å². The number of benzene rings is 2. The number of hydrogen-bond donors (Lipinski definition) is 1. The molecule has 2 rings (SSSR count). The largest absolute Gasteiger partial charge is 0.497 e. The summed E-state index contributed by atoms with van der Waals surface area (Å²) in [6.07, 6.45) is 0.726. The fraction of sp³-hybridized carbons (Fsp3) is 0.417. The standard InChI is InChI=1S/C24H31NO6/c1-25(2)16-21(31-24(28)14-13-23(26)27)17-30-22-10-5-4-8-19(22)12-11-18-7-6-9-20(15-18)29-3/h4-10,15,21H,11-14,16-17H2,1-3H3,(H,26,27)/t21-/m0/s1/i12+2. The Hall–Kier alpha value is -3.06. The Morgan fingerprint density at radius 2 is 1.87 bits per heavy atom.